The fourth-order valence-electron chi connectivity index (χ4n) is 17.7. The van der Waals surface area contributed by atoms with Gasteiger partial charge < -0.3 is 69.5 Å². The summed E-state index contributed by atoms with van der Waals surface area (Å²) in [5, 5.41) is 8.39. The highest BCUT2D eigenvalue weighted by Gasteiger charge is 2.56. The summed E-state index contributed by atoms with van der Waals surface area (Å²) in [6.07, 6.45) is -14.2. The molecule has 26 nitrogen and oxygen atoms in total. The van der Waals surface area contributed by atoms with Gasteiger partial charge in [0.2, 0.25) is 70.9 Å². The number of rotatable bonds is 13. The number of carbonyl (C=O) groups excluding carboxylic acids is 12. The monoisotopic (exact) mass is 1570 g/mol. The highest BCUT2D eigenvalue weighted by atomic mass is 19.4. The van der Waals surface area contributed by atoms with Gasteiger partial charge in [-0.05, 0) is 140 Å². The number of nitrogens with zero attached hydrogens (tertiary/aromatic N) is 9. The van der Waals surface area contributed by atoms with Gasteiger partial charge in [-0.2, -0.15) is 26.3 Å². The second-order valence-corrected chi connectivity index (χ2v) is 32.1. The fourth-order valence-corrected chi connectivity index (χ4v) is 17.7. The van der Waals surface area contributed by atoms with Crippen molar-refractivity contribution in [2.45, 2.75) is 260 Å². The molecular weight excluding hydrogens is 1460 g/mol. The molecule has 0 aromatic rings. The maximum atomic E-state index is 15.7. The minimum atomic E-state index is -5.22. The Labute approximate surface area is 639 Å². The molecule has 0 aromatic heterocycles. The zero-order chi connectivity index (χ0) is 81.0. The number of alkyl halides is 8. The van der Waals surface area contributed by atoms with Gasteiger partial charge in [0.25, 0.3) is 0 Å². The van der Waals surface area contributed by atoms with E-state index in [2.05, 4.69) is 22.5 Å². The zero-order valence-corrected chi connectivity index (χ0v) is 65.2. The number of likely N-dealkylation sites (N-methyl/N-ethyl adjacent to an activating group) is 6. The number of carbonyl (C=O) groups is 12. The van der Waals surface area contributed by atoms with Crippen LogP contribution in [0.3, 0.4) is 0 Å². The predicted molar refractivity (Wildman–Crippen MR) is 385 cm³/mol. The average molecular weight is 1570 g/mol. The van der Waals surface area contributed by atoms with Crippen LogP contribution in [0.1, 0.15) is 175 Å². The van der Waals surface area contributed by atoms with E-state index in [1.165, 1.54) is 63.1 Å². The standard InChI is InChI=1S/C76H116F8N12O14/c1-11-20-54-65(100)86-63(45(4)12-2)71(106)89(6)44-61(99)91(8)55-23-15-14-18-32-95(70(55)105)58(39-46-24-27-49(28-25-46)75(79,80)81)68(103)88(5)43-59(97)85-53(29-26-47-37-51(77)62(52(78)38-47)76(82,83)84)67(102)96-42-50(110-13-3)40-56(96)66(101)87-74(30-19-31-74)73(108)93(10)64(48-21-16-17-22-48)72(107)92(9)57(41-60(98)90(54)7)69(104)94-33-35-109-36-34-94/h11,45-58,62-64H,1,12-44H2,2-10H3,(H,85,97)(H,86,100)(H,87,101)/t45-,46?,47?,49?,50+,51?,52?,53-,54-,55-,56-,57-,58-,62?,63-,64-/m0/s1. The Kier molecular flexibility index (Phi) is 30.9. The van der Waals surface area contributed by atoms with Gasteiger partial charge in [-0.1, -0.05) is 52.0 Å². The van der Waals surface area contributed by atoms with Crippen LogP contribution in [0.25, 0.3) is 0 Å². The summed E-state index contributed by atoms with van der Waals surface area (Å²) in [5.41, 5.74) is -1.70. The lowest BCUT2D eigenvalue weighted by molar-refractivity contribution is -0.219. The highest BCUT2D eigenvalue weighted by molar-refractivity contribution is 6.01. The SMILES string of the molecule is C=CC[C@H]1C(=O)N[C@@H]([C@@H](C)CC)C(=O)N(C)CC(=O)N(C)[C@H]2CCCCCN(C2=O)[C@@H](CC2CCC(C(F)(F)F)CC2)C(=O)N(C)CC(=O)N[C@@H](CCC2CC(F)C(C(F)(F)F)C(F)C2)C(=O)N2C[C@H](OCC)C[C@H]2C(=O)NC2(CCC2)C(=O)N(C)[C@@H](C2CCCC2)C(=O)N(C)[C@H](C(=O)N2CCOCC2)CC(=O)N1C. The zero-order valence-electron chi connectivity index (χ0n) is 65.2. The molecule has 3 N–H and O–H groups in total. The first kappa shape index (κ1) is 88.3. The molecule has 2 bridgehead atoms. The van der Waals surface area contributed by atoms with E-state index in [0.717, 1.165) is 29.4 Å². The van der Waals surface area contributed by atoms with E-state index in [0.29, 0.717) is 57.8 Å². The van der Waals surface area contributed by atoms with Gasteiger partial charge in [0, 0.05) is 81.5 Å². The molecule has 12 atom stereocenters. The fraction of sp³-hybridized carbons (Fsp3) is 0.816. The van der Waals surface area contributed by atoms with Crippen molar-refractivity contribution in [2.75, 3.05) is 101 Å². The number of nitrogens with one attached hydrogen (secondary N) is 3. The molecule has 4 saturated carbocycles. The largest absolute Gasteiger partial charge is 0.397 e. The van der Waals surface area contributed by atoms with Crippen molar-refractivity contribution in [3.05, 3.63) is 12.7 Å². The number of ether oxygens (including phenoxy) is 2. The quantitative estimate of drug-likeness (QED) is 0.144. The van der Waals surface area contributed by atoms with E-state index in [1.54, 1.807) is 20.8 Å². The van der Waals surface area contributed by atoms with Crippen LogP contribution in [0.4, 0.5) is 35.1 Å². The van der Waals surface area contributed by atoms with E-state index in [1.807, 2.05) is 0 Å². The first-order valence-electron chi connectivity index (χ1n) is 39.5. The van der Waals surface area contributed by atoms with Crippen molar-refractivity contribution in [3.8, 4) is 0 Å². The predicted octanol–water partition coefficient (Wildman–Crippen LogP) is 5.88. The Morgan fingerprint density at radius 1 is 0.627 bits per heavy atom. The maximum Gasteiger partial charge on any atom is 0.397 e. The van der Waals surface area contributed by atoms with Gasteiger partial charge in [-0.25, -0.2) is 8.78 Å². The van der Waals surface area contributed by atoms with Crippen LogP contribution in [0.15, 0.2) is 12.7 Å². The molecule has 1 spiro atoms. The maximum absolute atomic E-state index is 15.7. The van der Waals surface area contributed by atoms with Crippen molar-refractivity contribution < 1.29 is 102 Å². The number of fused-ring (bicyclic) bond motifs is 3. The number of hydrogen-bond acceptors (Lipinski definition) is 14. The molecular formula is C76H116F8N12O14. The number of amides is 12. The van der Waals surface area contributed by atoms with Crippen LogP contribution in [0.5, 0.6) is 0 Å². The summed E-state index contributed by atoms with van der Waals surface area (Å²) < 4.78 is 127. The molecule has 8 fully saturated rings. The van der Waals surface area contributed by atoms with Crippen LogP contribution in [-0.2, 0) is 67.0 Å². The average Bonchev–Trinajstić information content (AvgIpc) is 1.16. The lowest BCUT2D eigenvalue weighted by atomic mass is 9.74. The third kappa shape index (κ3) is 21.1. The number of morpholine rings is 1. The van der Waals surface area contributed by atoms with E-state index >= 15 is 47.1 Å². The molecule has 8 aliphatic rings. The van der Waals surface area contributed by atoms with E-state index in [9.17, 15) is 45.5 Å². The third-order valence-corrected chi connectivity index (χ3v) is 24.8. The molecule has 4 saturated heterocycles. The first-order chi connectivity index (χ1) is 51.9. The van der Waals surface area contributed by atoms with Gasteiger partial charge in [0.05, 0.1) is 44.7 Å². The molecule has 4 aliphatic heterocycles. The Morgan fingerprint density at radius 2 is 1.25 bits per heavy atom. The Bertz CT molecular complexity index is 3270. The van der Waals surface area contributed by atoms with E-state index < -0.39 is 230 Å². The van der Waals surface area contributed by atoms with Crippen LogP contribution in [-0.4, -0.2) is 301 Å². The Morgan fingerprint density at radius 3 is 1.84 bits per heavy atom. The lowest BCUT2D eigenvalue weighted by Crippen LogP contribution is -2.68. The summed E-state index contributed by atoms with van der Waals surface area (Å²) in [7, 11) is 8.00. The molecule has 0 aromatic carbocycles. The normalized spacial score (nSPS) is 32.2. The summed E-state index contributed by atoms with van der Waals surface area (Å²) in [5.74, 6) is -16.8. The topological polar surface area (TPSA) is 289 Å². The van der Waals surface area contributed by atoms with E-state index in [-0.39, 0.29) is 117 Å². The molecule has 4 heterocycles. The van der Waals surface area contributed by atoms with Crippen LogP contribution in [0.2, 0.25) is 0 Å². The molecule has 12 amide bonds. The van der Waals surface area contributed by atoms with Crippen molar-refractivity contribution in [2.24, 2.45) is 35.5 Å². The minimum Gasteiger partial charge on any atom is -0.378 e. The molecule has 8 rings (SSSR count). The second-order valence-electron chi connectivity index (χ2n) is 32.1. The van der Waals surface area contributed by atoms with Crippen molar-refractivity contribution in [1.82, 2.24) is 60.0 Å². The number of hydrogen-bond donors (Lipinski definition) is 3. The molecule has 110 heavy (non-hydrogen) atoms. The van der Waals surface area contributed by atoms with Gasteiger partial charge in [0.1, 0.15) is 72.1 Å². The highest BCUT2D eigenvalue weighted by Crippen LogP contribution is 2.46. The molecule has 2 unspecified atom stereocenters. The van der Waals surface area contributed by atoms with E-state index in [4.69, 9.17) is 9.47 Å². The minimum absolute atomic E-state index is 0.00416. The summed E-state index contributed by atoms with van der Waals surface area (Å²) >= 11 is 0. The Hall–Kier alpha value is -7.26. The summed E-state index contributed by atoms with van der Waals surface area (Å²) in [6, 6.07) is -11.5. The third-order valence-electron chi connectivity index (χ3n) is 24.8. The van der Waals surface area contributed by atoms with Crippen LogP contribution < -0.4 is 16.0 Å². The van der Waals surface area contributed by atoms with Crippen molar-refractivity contribution in [3.63, 3.8) is 0 Å². The lowest BCUT2D eigenvalue weighted by Gasteiger charge is -2.47. The smallest absolute Gasteiger partial charge is 0.378 e. The number of halogens is 8. The molecule has 34 heteroatoms. The molecule has 0 radical (unpaired) electrons. The molecule has 4 aliphatic carbocycles. The van der Waals surface area contributed by atoms with Crippen molar-refractivity contribution in [1.29, 1.82) is 0 Å². The van der Waals surface area contributed by atoms with Crippen LogP contribution in [0, 0.1) is 35.5 Å². The first-order valence-corrected chi connectivity index (χ1v) is 39.5. The summed E-state index contributed by atoms with van der Waals surface area (Å²) in [4.78, 5) is 193. The summed E-state index contributed by atoms with van der Waals surface area (Å²) in [6.45, 7) is 7.62. The second kappa shape index (κ2) is 38.5. The van der Waals surface area contributed by atoms with Crippen molar-refractivity contribution >= 4 is 70.9 Å². The molecule has 620 valence electrons. The Balaban J connectivity index is 1.20. The van der Waals surface area contributed by atoms with Crippen LogP contribution >= 0.6 is 0 Å². The van der Waals surface area contributed by atoms with Gasteiger partial charge in [0.15, 0.2) is 0 Å². The van der Waals surface area contributed by atoms with Gasteiger partial charge >= 0.3 is 12.4 Å². The van der Waals surface area contributed by atoms with Gasteiger partial charge in [-0.3, -0.25) is 57.5 Å². The van der Waals surface area contributed by atoms with Gasteiger partial charge in [-0.15, -0.1) is 6.58 Å².